The van der Waals surface area contributed by atoms with E-state index in [9.17, 15) is 14.4 Å². The molecule has 9 nitrogen and oxygen atoms in total. The highest BCUT2D eigenvalue weighted by Gasteiger charge is 2.32. The van der Waals surface area contributed by atoms with Gasteiger partial charge in [-0.1, -0.05) is 19.6 Å². The number of ether oxygens (including phenoxy) is 4. The average Bonchev–Trinajstić information content (AvgIpc) is 2.75. The number of amides is 2. The molecule has 2 N–H and O–H groups in total. The van der Waals surface area contributed by atoms with E-state index in [0.717, 1.165) is 0 Å². The fourth-order valence-corrected chi connectivity index (χ4v) is 2.86. The van der Waals surface area contributed by atoms with Crippen molar-refractivity contribution in [1.29, 1.82) is 0 Å². The van der Waals surface area contributed by atoms with Crippen LogP contribution >= 0.6 is 0 Å². The van der Waals surface area contributed by atoms with Crippen LogP contribution in [0.25, 0.3) is 0 Å². The van der Waals surface area contributed by atoms with Gasteiger partial charge in [0.25, 0.3) is 0 Å². The first-order chi connectivity index (χ1) is 14.4. The molecule has 1 aromatic rings. The van der Waals surface area contributed by atoms with Gasteiger partial charge in [-0.05, 0) is 31.5 Å². The lowest BCUT2D eigenvalue weighted by molar-refractivity contribution is -0.139. The van der Waals surface area contributed by atoms with Gasteiger partial charge < -0.3 is 29.6 Å². The fourth-order valence-electron chi connectivity index (χ4n) is 2.86. The summed E-state index contributed by atoms with van der Waals surface area (Å²) in [5.74, 6) is -0.412. The van der Waals surface area contributed by atoms with Crippen molar-refractivity contribution in [1.82, 2.24) is 10.6 Å². The van der Waals surface area contributed by atoms with Gasteiger partial charge in [0.05, 0.1) is 36.6 Å². The molecule has 0 saturated heterocycles. The smallest absolute Gasteiger partial charge is 0.338 e. The van der Waals surface area contributed by atoms with Crippen LogP contribution in [0.1, 0.15) is 30.6 Å². The van der Waals surface area contributed by atoms with E-state index in [4.69, 9.17) is 18.9 Å². The van der Waals surface area contributed by atoms with Gasteiger partial charge in [0.15, 0.2) is 11.5 Å². The van der Waals surface area contributed by atoms with Gasteiger partial charge in [0.1, 0.15) is 13.2 Å². The minimum absolute atomic E-state index is 0.180. The Morgan fingerprint density at radius 1 is 1.17 bits per heavy atom. The molecule has 9 heteroatoms. The van der Waals surface area contributed by atoms with Crippen molar-refractivity contribution in [2.24, 2.45) is 0 Å². The summed E-state index contributed by atoms with van der Waals surface area (Å²) in [5, 5.41) is 5.19. The third kappa shape index (κ3) is 5.53. The molecule has 0 saturated carbocycles. The summed E-state index contributed by atoms with van der Waals surface area (Å²) in [6.07, 6.45) is 2.07. The Kier molecular flexibility index (Phi) is 8.28. The Labute approximate surface area is 175 Å². The first-order valence-corrected chi connectivity index (χ1v) is 9.51. The van der Waals surface area contributed by atoms with Gasteiger partial charge in [0.2, 0.25) is 0 Å². The van der Waals surface area contributed by atoms with Crippen molar-refractivity contribution >= 4 is 18.0 Å². The van der Waals surface area contributed by atoms with Crippen LogP contribution in [0.2, 0.25) is 0 Å². The number of rotatable bonds is 10. The molecule has 1 aliphatic heterocycles. The van der Waals surface area contributed by atoms with Crippen LogP contribution in [0.4, 0.5) is 4.79 Å². The maximum atomic E-state index is 12.5. The minimum Gasteiger partial charge on any atom is -0.493 e. The van der Waals surface area contributed by atoms with Gasteiger partial charge in [-0.2, -0.15) is 0 Å². The molecule has 2 rings (SSSR count). The van der Waals surface area contributed by atoms with Crippen molar-refractivity contribution in [2.75, 3.05) is 26.9 Å². The second-order valence-corrected chi connectivity index (χ2v) is 6.21. The number of carbonyl (C=O) groups is 3. The van der Waals surface area contributed by atoms with Gasteiger partial charge in [-0.3, -0.25) is 0 Å². The maximum absolute atomic E-state index is 12.5. The van der Waals surface area contributed by atoms with E-state index in [2.05, 4.69) is 17.2 Å². The number of hydrogen-bond acceptors (Lipinski definition) is 7. The summed E-state index contributed by atoms with van der Waals surface area (Å²) >= 11 is 0. The molecule has 1 aliphatic rings. The van der Waals surface area contributed by atoms with Gasteiger partial charge in [-0.25, -0.2) is 14.4 Å². The number of benzene rings is 1. The number of esters is 2. The van der Waals surface area contributed by atoms with E-state index in [1.165, 1.54) is 19.2 Å². The second-order valence-electron chi connectivity index (χ2n) is 6.21. The predicted octanol–water partition coefficient (Wildman–Crippen LogP) is 2.33. The first kappa shape index (κ1) is 22.8. The summed E-state index contributed by atoms with van der Waals surface area (Å²) in [4.78, 5) is 36.8. The highest BCUT2D eigenvalue weighted by atomic mass is 16.5. The Hall–Kier alpha value is -3.49. The molecule has 0 radical (unpaired) electrons. The van der Waals surface area contributed by atoms with Crippen molar-refractivity contribution in [3.05, 3.63) is 47.7 Å². The number of urea groups is 1. The summed E-state index contributed by atoms with van der Waals surface area (Å²) in [7, 11) is 1.46. The van der Waals surface area contributed by atoms with Crippen LogP contribution in [-0.4, -0.2) is 50.9 Å². The molecule has 1 heterocycles. The predicted molar refractivity (Wildman–Crippen MR) is 108 cm³/mol. The zero-order chi connectivity index (χ0) is 22.1. The first-order valence-electron chi connectivity index (χ1n) is 9.51. The zero-order valence-electron chi connectivity index (χ0n) is 17.3. The van der Waals surface area contributed by atoms with E-state index in [-0.39, 0.29) is 36.7 Å². The normalized spacial score (nSPS) is 15.6. The number of carbonyl (C=O) groups excluding carboxylic acids is 3. The van der Waals surface area contributed by atoms with Crippen LogP contribution in [-0.2, 0) is 14.3 Å². The fraction of sp³-hybridized carbons (Fsp3) is 0.381. The van der Waals surface area contributed by atoms with Crippen LogP contribution < -0.4 is 20.1 Å². The van der Waals surface area contributed by atoms with E-state index in [1.54, 1.807) is 19.1 Å². The van der Waals surface area contributed by atoms with Gasteiger partial charge >= 0.3 is 18.0 Å². The lowest BCUT2D eigenvalue weighted by atomic mass is 10.0. The third-order valence-corrected chi connectivity index (χ3v) is 4.25. The molecule has 1 aromatic carbocycles. The quantitative estimate of drug-likeness (QED) is 0.443. The molecule has 0 aliphatic carbocycles. The molecule has 2 amide bonds. The van der Waals surface area contributed by atoms with E-state index < -0.39 is 24.0 Å². The standard InChI is InChI=1S/C21H26N2O7/c1-5-10-29-16-9-8-13(11-17(16)27-4)19(24)30-12-15-18(20(25)28-7-3)14(6-2)22-21(26)23-15/h5,8-9,11,14H,1,6-7,10,12H2,2-4H3,(H2,22,23,26). The molecule has 0 fully saturated rings. The maximum Gasteiger partial charge on any atom is 0.338 e. The number of hydrogen-bond donors (Lipinski definition) is 2. The molecule has 1 atom stereocenters. The van der Waals surface area contributed by atoms with Crippen molar-refractivity contribution in [3.63, 3.8) is 0 Å². The Balaban J connectivity index is 2.20. The summed E-state index contributed by atoms with van der Waals surface area (Å²) in [5.41, 5.74) is 0.649. The molecule has 0 spiro atoms. The van der Waals surface area contributed by atoms with E-state index in [0.29, 0.717) is 17.9 Å². The zero-order valence-corrected chi connectivity index (χ0v) is 17.3. The Morgan fingerprint density at radius 3 is 2.57 bits per heavy atom. The monoisotopic (exact) mass is 418 g/mol. The molecule has 162 valence electrons. The molecular formula is C21H26N2O7. The SMILES string of the molecule is C=CCOc1ccc(C(=O)OCC2=C(C(=O)OCC)C(CC)NC(=O)N2)cc1OC. The van der Waals surface area contributed by atoms with Crippen LogP contribution in [0.15, 0.2) is 42.1 Å². The topological polar surface area (TPSA) is 112 Å². The van der Waals surface area contributed by atoms with Crippen molar-refractivity contribution < 1.29 is 33.3 Å². The largest absolute Gasteiger partial charge is 0.493 e. The van der Waals surface area contributed by atoms with E-state index in [1.807, 2.05) is 6.92 Å². The molecule has 0 aromatic heterocycles. The van der Waals surface area contributed by atoms with Gasteiger partial charge in [0, 0.05) is 0 Å². The second kappa shape index (κ2) is 10.9. The highest BCUT2D eigenvalue weighted by Crippen LogP contribution is 2.28. The number of methoxy groups -OCH3 is 1. The lowest BCUT2D eigenvalue weighted by Crippen LogP contribution is -2.51. The molecular weight excluding hydrogens is 392 g/mol. The lowest BCUT2D eigenvalue weighted by Gasteiger charge is -2.28. The third-order valence-electron chi connectivity index (χ3n) is 4.25. The van der Waals surface area contributed by atoms with E-state index >= 15 is 0 Å². The molecule has 1 unspecified atom stereocenters. The van der Waals surface area contributed by atoms with Crippen LogP contribution in [0.5, 0.6) is 11.5 Å². The summed E-state index contributed by atoms with van der Waals surface area (Å²) in [6.45, 7) is 7.26. The van der Waals surface area contributed by atoms with Crippen molar-refractivity contribution in [3.8, 4) is 11.5 Å². The van der Waals surface area contributed by atoms with Gasteiger partial charge in [-0.15, -0.1) is 0 Å². The number of nitrogens with one attached hydrogen (secondary N) is 2. The highest BCUT2D eigenvalue weighted by molar-refractivity contribution is 5.95. The summed E-state index contributed by atoms with van der Waals surface area (Å²) in [6, 6.07) is 3.58. The Bertz CT molecular complexity index is 848. The minimum atomic E-state index is -0.653. The van der Waals surface area contributed by atoms with Crippen molar-refractivity contribution in [2.45, 2.75) is 26.3 Å². The molecule has 30 heavy (non-hydrogen) atoms. The van der Waals surface area contributed by atoms with Crippen LogP contribution in [0, 0.1) is 0 Å². The summed E-state index contributed by atoms with van der Waals surface area (Å²) < 4.78 is 21.1. The Morgan fingerprint density at radius 2 is 1.93 bits per heavy atom. The van der Waals surface area contributed by atoms with Crippen LogP contribution in [0.3, 0.4) is 0 Å². The molecule has 0 bridgehead atoms. The average molecular weight is 418 g/mol.